The normalized spacial score (nSPS) is 17.0. The summed E-state index contributed by atoms with van der Waals surface area (Å²) in [5.74, 6) is 1.46. The summed E-state index contributed by atoms with van der Waals surface area (Å²) in [6.45, 7) is 2.09. The summed E-state index contributed by atoms with van der Waals surface area (Å²) in [6.07, 6.45) is 3.31. The molecule has 1 aliphatic rings. The predicted octanol–water partition coefficient (Wildman–Crippen LogP) is 2.47. The van der Waals surface area contributed by atoms with Gasteiger partial charge in [0.25, 0.3) is 0 Å². The van der Waals surface area contributed by atoms with E-state index in [-0.39, 0.29) is 5.91 Å². The van der Waals surface area contributed by atoms with Crippen molar-refractivity contribution in [1.29, 1.82) is 0 Å². The number of anilines is 1. The van der Waals surface area contributed by atoms with Crippen molar-refractivity contribution in [2.75, 3.05) is 25.5 Å². The van der Waals surface area contributed by atoms with Gasteiger partial charge in [0.05, 0.1) is 7.11 Å². The molecular formula is C17H22N4O2S. The second-order valence-electron chi connectivity index (χ2n) is 5.97. The summed E-state index contributed by atoms with van der Waals surface area (Å²) in [5, 5.41) is 15.8. The third kappa shape index (κ3) is 4.75. The van der Waals surface area contributed by atoms with Gasteiger partial charge >= 0.3 is 0 Å². The third-order valence-electron chi connectivity index (χ3n) is 4.14. The summed E-state index contributed by atoms with van der Waals surface area (Å²) in [6, 6.07) is 7.87. The number of nitrogens with zero attached hydrogens (tertiary/aromatic N) is 2. The summed E-state index contributed by atoms with van der Waals surface area (Å²) in [4.78, 5) is 12.0. The minimum absolute atomic E-state index is 0.0194. The van der Waals surface area contributed by atoms with Crippen LogP contribution in [0.2, 0.25) is 0 Å². The maximum atomic E-state index is 12.0. The Balaban J connectivity index is 1.50. The van der Waals surface area contributed by atoms with E-state index in [2.05, 4.69) is 20.8 Å². The molecule has 2 aromatic rings. The van der Waals surface area contributed by atoms with E-state index >= 15 is 0 Å². The average Bonchev–Trinajstić information content (AvgIpc) is 3.25. The molecule has 0 radical (unpaired) electrons. The van der Waals surface area contributed by atoms with Gasteiger partial charge < -0.3 is 15.4 Å². The Kier molecular flexibility index (Phi) is 5.77. The molecule has 128 valence electrons. The van der Waals surface area contributed by atoms with E-state index in [1.54, 1.807) is 7.11 Å². The van der Waals surface area contributed by atoms with Crippen molar-refractivity contribution in [1.82, 2.24) is 15.5 Å². The van der Waals surface area contributed by atoms with E-state index in [0.29, 0.717) is 23.9 Å². The second kappa shape index (κ2) is 8.21. The van der Waals surface area contributed by atoms with Gasteiger partial charge in [-0.15, -0.1) is 10.2 Å². The van der Waals surface area contributed by atoms with Crippen LogP contribution in [0.4, 0.5) is 5.13 Å². The number of hydrogen-bond acceptors (Lipinski definition) is 6. The fourth-order valence-electron chi connectivity index (χ4n) is 2.81. The first-order valence-corrected chi connectivity index (χ1v) is 9.00. The fraction of sp³-hybridized carbons (Fsp3) is 0.471. The van der Waals surface area contributed by atoms with E-state index < -0.39 is 0 Å². The van der Waals surface area contributed by atoms with Gasteiger partial charge in [-0.05, 0) is 49.5 Å². The Morgan fingerprint density at radius 1 is 1.46 bits per heavy atom. The number of amides is 1. The lowest BCUT2D eigenvalue weighted by Gasteiger charge is -2.06. The van der Waals surface area contributed by atoms with E-state index in [1.165, 1.54) is 11.3 Å². The van der Waals surface area contributed by atoms with Gasteiger partial charge in [0, 0.05) is 12.8 Å². The summed E-state index contributed by atoms with van der Waals surface area (Å²) < 4.78 is 5.23. The monoisotopic (exact) mass is 346 g/mol. The van der Waals surface area contributed by atoms with E-state index in [1.807, 2.05) is 24.3 Å². The smallest absolute Gasteiger partial charge is 0.226 e. The highest BCUT2D eigenvalue weighted by molar-refractivity contribution is 7.15. The highest BCUT2D eigenvalue weighted by Crippen LogP contribution is 2.21. The lowest BCUT2D eigenvalue weighted by atomic mass is 10.0. The Labute approximate surface area is 145 Å². The largest absolute Gasteiger partial charge is 0.497 e. The number of rotatable bonds is 7. The molecule has 1 aromatic carbocycles. The molecule has 24 heavy (non-hydrogen) atoms. The van der Waals surface area contributed by atoms with Crippen LogP contribution in [-0.2, 0) is 11.2 Å². The maximum absolute atomic E-state index is 12.0. The molecule has 7 heteroatoms. The maximum Gasteiger partial charge on any atom is 0.226 e. The Morgan fingerprint density at radius 3 is 3.17 bits per heavy atom. The third-order valence-corrected chi connectivity index (χ3v) is 4.98. The zero-order chi connectivity index (χ0) is 16.8. The molecule has 2 N–H and O–H groups in total. The standard InChI is InChI=1S/C17H22N4O2S/c1-23-14-4-2-3-13(9-14)10-16-20-21-17(24-16)19-15(22)6-5-12-7-8-18-11-12/h2-4,9,12,18H,5-8,10-11H2,1H3,(H,19,21,22). The number of aromatic nitrogens is 2. The number of ether oxygens (including phenoxy) is 1. The molecule has 1 amide bonds. The van der Waals surface area contributed by atoms with Crippen molar-refractivity contribution in [2.24, 2.45) is 5.92 Å². The molecule has 0 aliphatic carbocycles. The molecule has 1 aromatic heterocycles. The van der Waals surface area contributed by atoms with Crippen LogP contribution in [-0.4, -0.2) is 36.3 Å². The van der Waals surface area contributed by atoms with Gasteiger partial charge in [0.1, 0.15) is 10.8 Å². The van der Waals surface area contributed by atoms with Gasteiger partial charge in [-0.1, -0.05) is 23.5 Å². The summed E-state index contributed by atoms with van der Waals surface area (Å²) in [5.41, 5.74) is 1.11. The van der Waals surface area contributed by atoms with Crippen LogP contribution in [0.1, 0.15) is 29.8 Å². The quantitative estimate of drug-likeness (QED) is 0.805. The van der Waals surface area contributed by atoms with Crippen molar-refractivity contribution < 1.29 is 9.53 Å². The lowest BCUT2D eigenvalue weighted by Crippen LogP contribution is -2.14. The molecule has 0 saturated carbocycles. The first kappa shape index (κ1) is 16.9. The van der Waals surface area contributed by atoms with Crippen molar-refractivity contribution >= 4 is 22.4 Å². The Morgan fingerprint density at radius 2 is 2.38 bits per heavy atom. The topological polar surface area (TPSA) is 76.1 Å². The van der Waals surface area contributed by atoms with Crippen molar-refractivity contribution in [3.63, 3.8) is 0 Å². The molecule has 1 fully saturated rings. The molecule has 1 saturated heterocycles. The average molecular weight is 346 g/mol. The number of benzene rings is 1. The molecule has 0 spiro atoms. The van der Waals surface area contributed by atoms with Crippen molar-refractivity contribution in [3.8, 4) is 5.75 Å². The molecule has 1 aliphatic heterocycles. The fourth-order valence-corrected chi connectivity index (χ4v) is 3.60. The number of nitrogens with one attached hydrogen (secondary N) is 2. The van der Waals surface area contributed by atoms with E-state index in [0.717, 1.165) is 42.3 Å². The molecule has 3 rings (SSSR count). The van der Waals surface area contributed by atoms with Gasteiger partial charge in [0.2, 0.25) is 11.0 Å². The first-order chi connectivity index (χ1) is 11.7. The van der Waals surface area contributed by atoms with Gasteiger partial charge in [-0.25, -0.2) is 0 Å². The summed E-state index contributed by atoms with van der Waals surface area (Å²) >= 11 is 1.42. The van der Waals surface area contributed by atoms with Crippen molar-refractivity contribution in [3.05, 3.63) is 34.8 Å². The molecule has 1 unspecified atom stereocenters. The molecule has 2 heterocycles. The van der Waals surface area contributed by atoms with Crippen LogP contribution in [0.5, 0.6) is 5.75 Å². The molecule has 1 atom stereocenters. The SMILES string of the molecule is COc1cccc(Cc2nnc(NC(=O)CCC3CCNC3)s2)c1. The molecule has 6 nitrogen and oxygen atoms in total. The Hall–Kier alpha value is -1.99. The van der Waals surface area contributed by atoms with E-state index in [4.69, 9.17) is 4.74 Å². The second-order valence-corrected chi connectivity index (χ2v) is 7.04. The zero-order valence-electron chi connectivity index (χ0n) is 13.7. The van der Waals surface area contributed by atoms with Crippen LogP contribution < -0.4 is 15.4 Å². The van der Waals surface area contributed by atoms with Gasteiger partial charge in [0.15, 0.2) is 0 Å². The van der Waals surface area contributed by atoms with Gasteiger partial charge in [-0.3, -0.25) is 4.79 Å². The Bertz CT molecular complexity index is 683. The van der Waals surface area contributed by atoms with E-state index in [9.17, 15) is 4.79 Å². The summed E-state index contributed by atoms with van der Waals surface area (Å²) in [7, 11) is 1.65. The minimum Gasteiger partial charge on any atom is -0.497 e. The number of methoxy groups -OCH3 is 1. The van der Waals surface area contributed by atoms with Crippen LogP contribution in [0.3, 0.4) is 0 Å². The first-order valence-electron chi connectivity index (χ1n) is 8.19. The van der Waals surface area contributed by atoms with Crippen molar-refractivity contribution in [2.45, 2.75) is 25.7 Å². The molecular weight excluding hydrogens is 324 g/mol. The zero-order valence-corrected chi connectivity index (χ0v) is 14.6. The molecule has 0 bridgehead atoms. The van der Waals surface area contributed by atoms with Gasteiger partial charge in [-0.2, -0.15) is 0 Å². The number of hydrogen-bond donors (Lipinski definition) is 2. The minimum atomic E-state index is 0.0194. The predicted molar refractivity (Wildman–Crippen MR) is 94.5 cm³/mol. The highest BCUT2D eigenvalue weighted by Gasteiger charge is 2.16. The van der Waals surface area contributed by atoms with Crippen LogP contribution >= 0.6 is 11.3 Å². The number of carbonyl (C=O) groups excluding carboxylic acids is 1. The lowest BCUT2D eigenvalue weighted by molar-refractivity contribution is -0.116. The number of carbonyl (C=O) groups is 1. The highest BCUT2D eigenvalue weighted by atomic mass is 32.1. The van der Waals surface area contributed by atoms with Crippen LogP contribution in [0.15, 0.2) is 24.3 Å². The van der Waals surface area contributed by atoms with Crippen LogP contribution in [0, 0.1) is 5.92 Å². The van der Waals surface area contributed by atoms with Crippen LogP contribution in [0.25, 0.3) is 0 Å².